The van der Waals surface area contributed by atoms with Crippen molar-refractivity contribution in [3.63, 3.8) is 0 Å². The molecule has 0 bridgehead atoms. The van der Waals surface area contributed by atoms with E-state index in [4.69, 9.17) is 51.1 Å². The molecule has 1 aliphatic rings. The number of barbiturate groups is 1. The topological polar surface area (TPSA) is 75.7 Å². The van der Waals surface area contributed by atoms with Crippen LogP contribution in [0.3, 0.4) is 0 Å². The lowest BCUT2D eigenvalue weighted by Crippen LogP contribution is -2.54. The van der Waals surface area contributed by atoms with Crippen molar-refractivity contribution in [2.75, 3.05) is 4.90 Å². The molecular weight excluding hydrogens is 541 g/mol. The Bertz CT molecular complexity index is 1390. The van der Waals surface area contributed by atoms with Gasteiger partial charge in [0.1, 0.15) is 18.0 Å². The molecule has 0 atom stereocenters. The van der Waals surface area contributed by atoms with Crippen molar-refractivity contribution in [3.8, 4) is 5.75 Å². The minimum absolute atomic E-state index is 0.0711. The number of nitrogens with one attached hydrogen (secondary N) is 1. The summed E-state index contributed by atoms with van der Waals surface area (Å²) in [6.07, 6.45) is 1.23. The molecule has 0 unspecified atom stereocenters. The second kappa shape index (κ2) is 10.3. The fraction of sp³-hybridized carbons (Fsp3) is 0.0417. The van der Waals surface area contributed by atoms with Crippen LogP contribution in [-0.2, 0) is 16.2 Å². The lowest BCUT2D eigenvalue weighted by Gasteiger charge is -2.26. The van der Waals surface area contributed by atoms with E-state index in [-0.39, 0.29) is 43.7 Å². The molecule has 6 nitrogen and oxygen atoms in total. The number of carbonyl (C=O) groups excluding carboxylic acids is 3. The number of anilines is 1. The summed E-state index contributed by atoms with van der Waals surface area (Å²) in [6, 6.07) is 12.1. The second-order valence-corrected chi connectivity index (χ2v) is 8.88. The van der Waals surface area contributed by atoms with Crippen LogP contribution in [0.25, 0.3) is 6.08 Å². The lowest BCUT2D eigenvalue weighted by molar-refractivity contribution is -0.122. The first-order valence-electron chi connectivity index (χ1n) is 9.87. The van der Waals surface area contributed by atoms with Crippen molar-refractivity contribution >= 4 is 76.0 Å². The molecule has 0 aromatic heterocycles. The molecule has 0 aliphatic carbocycles. The number of nitrogens with zero attached hydrogens (tertiary/aromatic N) is 1. The zero-order valence-corrected chi connectivity index (χ0v) is 20.5. The van der Waals surface area contributed by atoms with E-state index in [0.717, 1.165) is 4.90 Å². The number of urea groups is 1. The van der Waals surface area contributed by atoms with Crippen LogP contribution in [0.1, 0.15) is 11.1 Å². The van der Waals surface area contributed by atoms with Crippen molar-refractivity contribution in [3.05, 3.63) is 97.2 Å². The highest BCUT2D eigenvalue weighted by Gasteiger charge is 2.37. The molecule has 11 heteroatoms. The van der Waals surface area contributed by atoms with Crippen molar-refractivity contribution < 1.29 is 23.5 Å². The number of hydrogen-bond donors (Lipinski definition) is 1. The lowest BCUT2D eigenvalue weighted by atomic mass is 10.1. The number of imide groups is 2. The zero-order valence-electron chi connectivity index (χ0n) is 17.5. The molecule has 1 fully saturated rings. The van der Waals surface area contributed by atoms with Crippen LogP contribution in [-0.4, -0.2) is 17.8 Å². The Morgan fingerprint density at radius 2 is 1.57 bits per heavy atom. The number of carbonyl (C=O) groups is 3. The third-order valence-electron chi connectivity index (χ3n) is 4.92. The third-order valence-corrected chi connectivity index (χ3v) is 6.23. The Morgan fingerprint density at radius 3 is 2.23 bits per heavy atom. The first-order chi connectivity index (χ1) is 16.7. The average Bonchev–Trinajstić information content (AvgIpc) is 2.79. The predicted octanol–water partition coefficient (Wildman–Crippen LogP) is 6.68. The highest BCUT2D eigenvalue weighted by molar-refractivity contribution is 6.43. The maximum atomic E-state index is 13.8. The van der Waals surface area contributed by atoms with Crippen LogP contribution in [0.5, 0.6) is 5.75 Å². The van der Waals surface area contributed by atoms with E-state index >= 15 is 0 Å². The Morgan fingerprint density at radius 1 is 0.886 bits per heavy atom. The van der Waals surface area contributed by atoms with Gasteiger partial charge in [0.05, 0.1) is 25.8 Å². The molecule has 3 aromatic carbocycles. The molecule has 4 amide bonds. The van der Waals surface area contributed by atoms with Crippen LogP contribution in [0, 0.1) is 5.82 Å². The number of benzene rings is 3. The van der Waals surface area contributed by atoms with Crippen LogP contribution in [0.4, 0.5) is 14.9 Å². The summed E-state index contributed by atoms with van der Waals surface area (Å²) in [5.74, 6) is -2.12. The van der Waals surface area contributed by atoms with Gasteiger partial charge in [-0.1, -0.05) is 64.6 Å². The van der Waals surface area contributed by atoms with Gasteiger partial charge >= 0.3 is 6.03 Å². The quantitative estimate of drug-likeness (QED) is 0.282. The van der Waals surface area contributed by atoms with Crippen LogP contribution in [0.15, 0.2) is 60.2 Å². The van der Waals surface area contributed by atoms with Crippen molar-refractivity contribution in [1.29, 1.82) is 0 Å². The van der Waals surface area contributed by atoms with E-state index in [0.29, 0.717) is 11.1 Å². The van der Waals surface area contributed by atoms with Crippen molar-refractivity contribution in [2.24, 2.45) is 0 Å². The molecule has 178 valence electrons. The summed E-state index contributed by atoms with van der Waals surface area (Å²) in [6.45, 7) is -0.117. The third kappa shape index (κ3) is 5.28. The van der Waals surface area contributed by atoms with Gasteiger partial charge in [-0.2, -0.15) is 0 Å². The molecule has 3 aromatic rings. The predicted molar refractivity (Wildman–Crippen MR) is 133 cm³/mol. The van der Waals surface area contributed by atoms with E-state index < -0.39 is 23.7 Å². The van der Waals surface area contributed by atoms with E-state index in [1.165, 1.54) is 42.5 Å². The van der Waals surface area contributed by atoms with E-state index in [1.807, 2.05) is 0 Å². The standard InChI is InChI=1S/C24H13Cl4FN2O4/c25-16-6-5-14(10-17(16)26)31-23(33)15(22(32)30-24(31)34)7-12-8-18(27)21(19(28)9-12)35-11-13-3-1-2-4-20(13)29/h1-10H,11H2,(H,30,32,34)/b15-7+. The number of ether oxygens (including phenoxy) is 1. The summed E-state index contributed by atoms with van der Waals surface area (Å²) in [4.78, 5) is 38.6. The molecule has 1 saturated heterocycles. The molecule has 35 heavy (non-hydrogen) atoms. The van der Waals surface area contributed by atoms with Gasteiger partial charge in [-0.25, -0.2) is 14.1 Å². The molecule has 1 aliphatic heterocycles. The fourth-order valence-corrected chi connectivity index (χ4v) is 4.15. The van der Waals surface area contributed by atoms with E-state index in [2.05, 4.69) is 5.32 Å². The number of halogens is 5. The van der Waals surface area contributed by atoms with Crippen molar-refractivity contribution in [2.45, 2.75) is 6.61 Å². The average molecular weight is 554 g/mol. The van der Waals surface area contributed by atoms with Crippen molar-refractivity contribution in [1.82, 2.24) is 5.32 Å². The SMILES string of the molecule is O=C1NC(=O)N(c2ccc(Cl)c(Cl)c2)C(=O)/C1=C/c1cc(Cl)c(OCc2ccccc2F)c(Cl)c1. The van der Waals surface area contributed by atoms with Gasteiger partial charge in [-0.15, -0.1) is 0 Å². The van der Waals surface area contributed by atoms with Gasteiger partial charge in [-0.3, -0.25) is 14.9 Å². The minimum atomic E-state index is -0.941. The number of rotatable bonds is 5. The van der Waals surface area contributed by atoms with Gasteiger partial charge < -0.3 is 4.74 Å². The first-order valence-corrected chi connectivity index (χ1v) is 11.4. The van der Waals surface area contributed by atoms with Gasteiger partial charge in [0.15, 0.2) is 5.75 Å². The molecule has 4 rings (SSSR count). The highest BCUT2D eigenvalue weighted by atomic mass is 35.5. The van der Waals surface area contributed by atoms with E-state index in [9.17, 15) is 18.8 Å². The smallest absolute Gasteiger partial charge is 0.335 e. The fourth-order valence-electron chi connectivity index (χ4n) is 3.25. The second-order valence-electron chi connectivity index (χ2n) is 7.25. The van der Waals surface area contributed by atoms with Gasteiger partial charge in [0.25, 0.3) is 11.8 Å². The molecule has 0 spiro atoms. The summed E-state index contributed by atoms with van der Waals surface area (Å²) in [5, 5.41) is 2.60. The normalized spacial score (nSPS) is 14.9. The zero-order chi connectivity index (χ0) is 25.3. The van der Waals surface area contributed by atoms with Gasteiger partial charge in [0, 0.05) is 5.56 Å². The summed E-state index contributed by atoms with van der Waals surface area (Å²) in [7, 11) is 0. The minimum Gasteiger partial charge on any atom is -0.486 e. The Kier molecular flexibility index (Phi) is 7.33. The number of hydrogen-bond acceptors (Lipinski definition) is 4. The maximum Gasteiger partial charge on any atom is 0.335 e. The molecule has 0 saturated carbocycles. The summed E-state index contributed by atoms with van der Waals surface area (Å²) < 4.78 is 19.4. The molecular formula is C24H13Cl4FN2O4. The van der Waals surface area contributed by atoms with Gasteiger partial charge in [-0.05, 0) is 48.0 Å². The number of amides is 4. The van der Waals surface area contributed by atoms with Gasteiger partial charge in [0.2, 0.25) is 0 Å². The molecule has 1 heterocycles. The van der Waals surface area contributed by atoms with E-state index in [1.54, 1.807) is 18.2 Å². The molecule has 0 radical (unpaired) electrons. The molecule has 1 N–H and O–H groups in total. The summed E-state index contributed by atoms with van der Waals surface area (Å²) >= 11 is 24.5. The summed E-state index contributed by atoms with van der Waals surface area (Å²) in [5.41, 5.74) is 0.374. The highest BCUT2D eigenvalue weighted by Crippen LogP contribution is 2.36. The van der Waals surface area contributed by atoms with Crippen LogP contribution in [0.2, 0.25) is 20.1 Å². The Hall–Kier alpha value is -3.10. The maximum absolute atomic E-state index is 13.8. The monoisotopic (exact) mass is 552 g/mol. The van der Waals surface area contributed by atoms with Crippen LogP contribution < -0.4 is 15.0 Å². The Labute approximate surface area is 218 Å². The van der Waals surface area contributed by atoms with Crippen LogP contribution >= 0.6 is 46.4 Å². The Balaban J connectivity index is 1.62. The largest absolute Gasteiger partial charge is 0.486 e. The first kappa shape index (κ1) is 25.0.